The fourth-order valence-corrected chi connectivity index (χ4v) is 4.80. The van der Waals surface area contributed by atoms with E-state index in [0.29, 0.717) is 6.42 Å². The second kappa shape index (κ2) is 9.01. The molecule has 3 nitrogen and oxygen atoms in total. The minimum atomic E-state index is -3.75. The molecule has 0 fully saturated rings. The monoisotopic (exact) mass is 494 g/mol. The molecule has 2 aromatic rings. The van der Waals surface area contributed by atoms with Gasteiger partial charge in [-0.15, -0.1) is 0 Å². The predicted molar refractivity (Wildman–Crippen MR) is 112 cm³/mol. The van der Waals surface area contributed by atoms with E-state index in [-0.39, 0.29) is 41.6 Å². The summed E-state index contributed by atoms with van der Waals surface area (Å²) in [7, 11) is -3.75. The molecule has 0 amide bonds. The average Bonchev–Trinajstić information content (AvgIpc) is 2.56. The zero-order chi connectivity index (χ0) is 19.6. The van der Waals surface area contributed by atoms with Crippen LogP contribution in [0.1, 0.15) is 20.3 Å². The highest BCUT2D eigenvalue weighted by molar-refractivity contribution is 7.55. The van der Waals surface area contributed by atoms with Gasteiger partial charge in [-0.1, -0.05) is 76.5 Å². The molecule has 0 saturated heterocycles. The van der Waals surface area contributed by atoms with E-state index < -0.39 is 13.3 Å². The van der Waals surface area contributed by atoms with Gasteiger partial charge in [0.15, 0.2) is 0 Å². The Morgan fingerprint density at radius 2 is 1.12 bits per heavy atom. The topological polar surface area (TPSA) is 35.5 Å². The quantitative estimate of drug-likeness (QED) is 0.295. The normalized spacial score (nSPS) is 12.8. The van der Waals surface area contributed by atoms with Gasteiger partial charge in [0.1, 0.15) is 11.5 Å². The number of rotatable bonds is 6. The summed E-state index contributed by atoms with van der Waals surface area (Å²) in [5.74, 6) is 0.168. The first-order valence-corrected chi connectivity index (χ1v) is 11.2. The first kappa shape index (κ1) is 22.3. The van der Waals surface area contributed by atoms with Crippen molar-refractivity contribution in [1.29, 1.82) is 0 Å². The van der Waals surface area contributed by atoms with E-state index in [1.165, 1.54) is 24.3 Å². The summed E-state index contributed by atoms with van der Waals surface area (Å²) in [6.07, 6.45) is 0.509. The molecule has 0 spiro atoms. The van der Waals surface area contributed by atoms with Crippen molar-refractivity contribution in [3.05, 3.63) is 54.4 Å². The Bertz CT molecular complexity index is 810. The fourth-order valence-electron chi connectivity index (χ4n) is 1.84. The van der Waals surface area contributed by atoms with E-state index in [9.17, 15) is 4.57 Å². The number of benzene rings is 2. The molecule has 0 bridgehead atoms. The Labute approximate surface area is 181 Å². The maximum absolute atomic E-state index is 13.5. The van der Waals surface area contributed by atoms with Crippen LogP contribution < -0.4 is 9.05 Å². The minimum Gasteiger partial charge on any atom is -0.414 e. The predicted octanol–water partition coefficient (Wildman–Crippen LogP) is 9.06. The molecule has 26 heavy (non-hydrogen) atoms. The first-order chi connectivity index (χ1) is 12.1. The Kier molecular flexibility index (Phi) is 7.73. The van der Waals surface area contributed by atoms with Crippen molar-refractivity contribution in [3.8, 4) is 11.5 Å². The maximum Gasteiger partial charge on any atom is 0.433 e. The highest BCUT2D eigenvalue weighted by Gasteiger charge is 2.36. The Morgan fingerprint density at radius 3 is 1.46 bits per heavy atom. The van der Waals surface area contributed by atoms with Gasteiger partial charge in [0.2, 0.25) is 0 Å². The molecule has 0 radical (unpaired) electrons. The molecule has 142 valence electrons. The molecule has 0 saturated carbocycles. The maximum atomic E-state index is 13.5. The molecular formula is C16H13Cl6O3P. The molecule has 0 aliphatic carbocycles. The SMILES string of the molecule is CCC(C)P(=O)(Oc1cc(Cl)c(Cl)cc1Cl)Oc1cc(Cl)c(Cl)cc1Cl. The van der Waals surface area contributed by atoms with Crippen molar-refractivity contribution in [2.75, 3.05) is 0 Å². The van der Waals surface area contributed by atoms with Crippen molar-refractivity contribution < 1.29 is 13.6 Å². The van der Waals surface area contributed by atoms with Gasteiger partial charge in [0.25, 0.3) is 0 Å². The molecule has 0 N–H and O–H groups in total. The zero-order valence-corrected chi connectivity index (χ0v) is 19.0. The van der Waals surface area contributed by atoms with Crippen LogP contribution >= 0.6 is 77.2 Å². The second-order valence-corrected chi connectivity index (χ2v) is 10.1. The minimum absolute atomic E-state index is 0.0842. The van der Waals surface area contributed by atoms with Crippen molar-refractivity contribution in [3.63, 3.8) is 0 Å². The molecular weight excluding hydrogens is 484 g/mol. The van der Waals surface area contributed by atoms with Gasteiger partial charge in [0, 0.05) is 12.1 Å². The Balaban J connectivity index is 2.45. The summed E-state index contributed by atoms with van der Waals surface area (Å²) in [4.78, 5) is 0. The largest absolute Gasteiger partial charge is 0.433 e. The van der Waals surface area contributed by atoms with Gasteiger partial charge < -0.3 is 9.05 Å². The highest BCUT2D eigenvalue weighted by atomic mass is 35.5. The van der Waals surface area contributed by atoms with Gasteiger partial charge in [-0.25, -0.2) is 4.57 Å². The van der Waals surface area contributed by atoms with Crippen molar-refractivity contribution in [2.45, 2.75) is 25.9 Å². The Hall–Kier alpha value is 0.01000. The van der Waals surface area contributed by atoms with E-state index in [1.807, 2.05) is 6.92 Å². The Morgan fingerprint density at radius 1 is 0.769 bits per heavy atom. The molecule has 0 heterocycles. The van der Waals surface area contributed by atoms with Gasteiger partial charge in [-0.2, -0.15) is 0 Å². The average molecular weight is 497 g/mol. The van der Waals surface area contributed by atoms with Crippen LogP contribution in [0.3, 0.4) is 0 Å². The van der Waals surface area contributed by atoms with E-state index >= 15 is 0 Å². The zero-order valence-electron chi connectivity index (χ0n) is 13.5. The van der Waals surface area contributed by atoms with E-state index in [2.05, 4.69) is 0 Å². The lowest BCUT2D eigenvalue weighted by Crippen LogP contribution is -2.13. The van der Waals surface area contributed by atoms with Crippen LogP contribution in [0.2, 0.25) is 30.1 Å². The number of hydrogen-bond acceptors (Lipinski definition) is 3. The number of halogens is 6. The van der Waals surface area contributed by atoms with Crippen molar-refractivity contribution in [1.82, 2.24) is 0 Å². The third-order valence-corrected chi connectivity index (χ3v) is 7.91. The molecule has 1 atom stereocenters. The molecule has 0 aliphatic heterocycles. The van der Waals surface area contributed by atoms with Crippen LogP contribution in [0.5, 0.6) is 11.5 Å². The summed E-state index contributed by atoms with van der Waals surface area (Å²) >= 11 is 36.1. The molecule has 2 rings (SSSR count). The third-order valence-electron chi connectivity index (χ3n) is 3.53. The molecule has 1 unspecified atom stereocenters. The van der Waals surface area contributed by atoms with Crippen LogP contribution in [-0.4, -0.2) is 5.66 Å². The lowest BCUT2D eigenvalue weighted by atomic mass is 10.3. The summed E-state index contributed by atoms with van der Waals surface area (Å²) in [6.45, 7) is 3.56. The lowest BCUT2D eigenvalue weighted by molar-refractivity contribution is 0.372. The summed E-state index contributed by atoms with van der Waals surface area (Å²) in [5.41, 5.74) is -0.474. The van der Waals surface area contributed by atoms with Crippen LogP contribution in [-0.2, 0) is 4.57 Å². The summed E-state index contributed by atoms with van der Waals surface area (Å²) in [5, 5.41) is 1.19. The second-order valence-electron chi connectivity index (χ2n) is 5.37. The van der Waals surface area contributed by atoms with Crippen LogP contribution in [0.25, 0.3) is 0 Å². The van der Waals surface area contributed by atoms with Gasteiger partial charge in [-0.05, 0) is 25.5 Å². The third kappa shape index (κ3) is 5.08. The molecule has 0 aromatic heterocycles. The van der Waals surface area contributed by atoms with Gasteiger partial charge >= 0.3 is 7.60 Å². The van der Waals surface area contributed by atoms with Crippen LogP contribution in [0, 0.1) is 0 Å². The van der Waals surface area contributed by atoms with Gasteiger partial charge in [-0.3, -0.25) is 0 Å². The first-order valence-electron chi connectivity index (χ1n) is 7.35. The van der Waals surface area contributed by atoms with E-state index in [0.717, 1.165) is 0 Å². The van der Waals surface area contributed by atoms with E-state index in [4.69, 9.17) is 78.7 Å². The molecule has 10 heteroatoms. The molecule has 0 aliphatic rings. The fraction of sp³-hybridized carbons (Fsp3) is 0.250. The highest BCUT2D eigenvalue weighted by Crippen LogP contribution is 2.56. The molecule has 2 aromatic carbocycles. The lowest BCUT2D eigenvalue weighted by Gasteiger charge is -2.25. The van der Waals surface area contributed by atoms with Crippen molar-refractivity contribution >= 4 is 77.2 Å². The summed E-state index contributed by atoms with van der Waals surface area (Å²) in [6, 6.07) is 5.55. The van der Waals surface area contributed by atoms with Gasteiger partial charge in [0.05, 0.1) is 35.8 Å². The standard InChI is InChI=1S/C16H13Cl6O3P/c1-3-8(2)26(23,24-15-6-11(19)9(17)4-13(15)21)25-16-7-12(20)10(18)5-14(16)22/h4-8H,3H2,1-2H3. The summed E-state index contributed by atoms with van der Waals surface area (Å²) < 4.78 is 24.8. The van der Waals surface area contributed by atoms with Crippen molar-refractivity contribution in [2.24, 2.45) is 0 Å². The van der Waals surface area contributed by atoms with Crippen LogP contribution in [0.4, 0.5) is 0 Å². The van der Waals surface area contributed by atoms with Crippen LogP contribution in [0.15, 0.2) is 24.3 Å². The number of hydrogen-bond donors (Lipinski definition) is 0. The van der Waals surface area contributed by atoms with E-state index in [1.54, 1.807) is 6.92 Å². The smallest absolute Gasteiger partial charge is 0.414 e.